The maximum absolute atomic E-state index is 13.9. The summed E-state index contributed by atoms with van der Waals surface area (Å²) < 4.78 is 11.7. The summed E-state index contributed by atoms with van der Waals surface area (Å²) in [5.74, 6) is -0.970. The van der Waals surface area contributed by atoms with Gasteiger partial charge in [-0.3, -0.25) is 4.79 Å². The highest BCUT2D eigenvalue weighted by atomic mass is 16.5. The van der Waals surface area contributed by atoms with E-state index in [4.69, 9.17) is 9.47 Å². The lowest BCUT2D eigenvalue weighted by Crippen LogP contribution is -2.67. The SMILES string of the molecule is CCCCOC(=O)[C@H]1[C@@H](OCCCc2ccccc2)CN1C(=O)C(c1ccccc1)c1ccccc1. The lowest BCUT2D eigenvalue weighted by molar-refractivity contribution is -0.181. The van der Waals surface area contributed by atoms with Gasteiger partial charge in [-0.25, -0.2) is 4.79 Å². The third kappa shape index (κ3) is 6.41. The summed E-state index contributed by atoms with van der Waals surface area (Å²) in [5.41, 5.74) is 3.06. The third-order valence-electron chi connectivity index (χ3n) is 6.63. The number of amides is 1. The van der Waals surface area contributed by atoms with E-state index in [2.05, 4.69) is 19.1 Å². The second-order valence-electron chi connectivity index (χ2n) is 9.21. The van der Waals surface area contributed by atoms with Crippen molar-refractivity contribution in [2.75, 3.05) is 19.8 Å². The fourth-order valence-corrected chi connectivity index (χ4v) is 4.61. The van der Waals surface area contributed by atoms with Crippen molar-refractivity contribution in [3.63, 3.8) is 0 Å². The second-order valence-corrected chi connectivity index (χ2v) is 9.21. The minimum Gasteiger partial charge on any atom is -0.464 e. The Labute approximate surface area is 214 Å². The minimum atomic E-state index is -0.721. The van der Waals surface area contributed by atoms with Crippen LogP contribution in [-0.4, -0.2) is 48.7 Å². The highest BCUT2D eigenvalue weighted by Gasteiger charge is 2.50. The van der Waals surface area contributed by atoms with Crippen LogP contribution in [0.4, 0.5) is 0 Å². The van der Waals surface area contributed by atoms with E-state index in [0.717, 1.165) is 36.8 Å². The molecule has 1 aliphatic rings. The molecule has 1 fully saturated rings. The molecule has 5 nitrogen and oxygen atoms in total. The number of rotatable bonds is 12. The van der Waals surface area contributed by atoms with Gasteiger partial charge in [-0.15, -0.1) is 0 Å². The first-order valence-corrected chi connectivity index (χ1v) is 12.9. The Hall–Kier alpha value is -3.44. The van der Waals surface area contributed by atoms with Crippen LogP contribution in [0.2, 0.25) is 0 Å². The monoisotopic (exact) mass is 485 g/mol. The van der Waals surface area contributed by atoms with E-state index in [-0.39, 0.29) is 18.0 Å². The fourth-order valence-electron chi connectivity index (χ4n) is 4.61. The van der Waals surface area contributed by atoms with Crippen molar-refractivity contribution < 1.29 is 19.1 Å². The number of hydrogen-bond donors (Lipinski definition) is 0. The van der Waals surface area contributed by atoms with Crippen LogP contribution in [-0.2, 0) is 25.5 Å². The summed E-state index contributed by atoms with van der Waals surface area (Å²) in [6.07, 6.45) is 3.13. The molecule has 1 heterocycles. The van der Waals surface area contributed by atoms with E-state index in [1.165, 1.54) is 5.56 Å². The van der Waals surface area contributed by atoms with Gasteiger partial charge in [-0.2, -0.15) is 0 Å². The Kier molecular flexibility index (Phi) is 9.28. The molecule has 0 bridgehead atoms. The van der Waals surface area contributed by atoms with Gasteiger partial charge in [-0.05, 0) is 36.0 Å². The lowest BCUT2D eigenvalue weighted by Gasteiger charge is -2.47. The largest absolute Gasteiger partial charge is 0.464 e. The van der Waals surface area contributed by atoms with Crippen LogP contribution in [0, 0.1) is 0 Å². The first-order chi connectivity index (χ1) is 17.7. The van der Waals surface area contributed by atoms with E-state index in [1.54, 1.807) is 4.90 Å². The number of aryl methyl sites for hydroxylation is 1. The van der Waals surface area contributed by atoms with Crippen molar-refractivity contribution in [2.45, 2.75) is 50.7 Å². The van der Waals surface area contributed by atoms with E-state index in [1.807, 2.05) is 78.9 Å². The average molecular weight is 486 g/mol. The molecule has 3 aromatic carbocycles. The summed E-state index contributed by atoms with van der Waals surface area (Å²) >= 11 is 0. The highest BCUT2D eigenvalue weighted by molar-refractivity contribution is 5.93. The lowest BCUT2D eigenvalue weighted by atomic mass is 9.87. The zero-order valence-corrected chi connectivity index (χ0v) is 20.9. The molecule has 188 valence electrons. The highest BCUT2D eigenvalue weighted by Crippen LogP contribution is 2.32. The van der Waals surface area contributed by atoms with E-state index in [0.29, 0.717) is 19.8 Å². The summed E-state index contributed by atoms with van der Waals surface area (Å²) in [6.45, 7) is 3.32. The first kappa shape index (κ1) is 25.6. The maximum Gasteiger partial charge on any atom is 0.331 e. The molecule has 5 heteroatoms. The summed E-state index contributed by atoms with van der Waals surface area (Å²) in [4.78, 5) is 28.6. The number of carbonyl (C=O) groups is 2. The van der Waals surface area contributed by atoms with Crippen LogP contribution < -0.4 is 0 Å². The topological polar surface area (TPSA) is 55.8 Å². The van der Waals surface area contributed by atoms with Gasteiger partial charge in [-0.1, -0.05) is 104 Å². The molecule has 1 saturated heterocycles. The molecule has 0 aromatic heterocycles. The smallest absolute Gasteiger partial charge is 0.331 e. The minimum absolute atomic E-state index is 0.103. The number of carbonyl (C=O) groups excluding carboxylic acids is 2. The molecule has 1 amide bonds. The van der Waals surface area contributed by atoms with Gasteiger partial charge >= 0.3 is 5.97 Å². The quantitative estimate of drug-likeness (QED) is 0.255. The molecular weight excluding hydrogens is 450 g/mol. The van der Waals surface area contributed by atoms with Gasteiger partial charge in [0, 0.05) is 6.61 Å². The zero-order valence-electron chi connectivity index (χ0n) is 20.9. The molecule has 0 unspecified atom stereocenters. The molecule has 4 rings (SSSR count). The standard InChI is InChI=1S/C31H35NO4/c1-2-3-21-36-31(34)29-27(35-22-13-16-24-14-7-4-8-15-24)23-32(29)30(33)28(25-17-9-5-10-18-25)26-19-11-6-12-20-26/h4-12,14-15,17-20,27-29H,2-3,13,16,21-23H2,1H3/t27-,29+/m0/s1. The van der Waals surface area contributed by atoms with E-state index in [9.17, 15) is 9.59 Å². The Morgan fingerprint density at radius 3 is 2.00 bits per heavy atom. The normalized spacial score (nSPS) is 17.0. The molecule has 2 atom stereocenters. The molecule has 0 N–H and O–H groups in total. The van der Waals surface area contributed by atoms with Crippen LogP contribution >= 0.6 is 0 Å². The fraction of sp³-hybridized carbons (Fsp3) is 0.355. The molecule has 1 aliphatic heterocycles. The molecular formula is C31H35NO4. The van der Waals surface area contributed by atoms with Gasteiger partial charge in [0.15, 0.2) is 6.04 Å². The number of likely N-dealkylation sites (tertiary alicyclic amines) is 1. The summed E-state index contributed by atoms with van der Waals surface area (Å²) in [7, 11) is 0. The van der Waals surface area contributed by atoms with Gasteiger partial charge in [0.25, 0.3) is 0 Å². The molecule has 3 aromatic rings. The number of benzene rings is 3. The van der Waals surface area contributed by atoms with Gasteiger partial charge in [0.1, 0.15) is 6.10 Å². The number of hydrogen-bond acceptors (Lipinski definition) is 4. The summed E-state index contributed by atoms with van der Waals surface area (Å²) in [5, 5.41) is 0. The van der Waals surface area contributed by atoms with Crippen molar-refractivity contribution in [1.29, 1.82) is 0 Å². The van der Waals surface area contributed by atoms with Crippen molar-refractivity contribution in [1.82, 2.24) is 4.90 Å². The Morgan fingerprint density at radius 1 is 0.833 bits per heavy atom. The first-order valence-electron chi connectivity index (χ1n) is 12.9. The van der Waals surface area contributed by atoms with E-state index >= 15 is 0 Å². The molecule has 0 aliphatic carbocycles. The number of ether oxygens (including phenoxy) is 2. The number of nitrogens with zero attached hydrogens (tertiary/aromatic N) is 1. The Balaban J connectivity index is 1.47. The van der Waals surface area contributed by atoms with Crippen LogP contribution in [0.5, 0.6) is 0 Å². The van der Waals surface area contributed by atoms with Crippen LogP contribution in [0.1, 0.15) is 48.8 Å². The van der Waals surface area contributed by atoms with Crippen molar-refractivity contribution in [3.8, 4) is 0 Å². The maximum atomic E-state index is 13.9. The van der Waals surface area contributed by atoms with E-state index < -0.39 is 12.0 Å². The molecule has 0 radical (unpaired) electrons. The van der Waals surface area contributed by atoms with Crippen LogP contribution in [0.25, 0.3) is 0 Å². The predicted molar refractivity (Wildman–Crippen MR) is 141 cm³/mol. The molecule has 0 saturated carbocycles. The molecule has 0 spiro atoms. The third-order valence-corrected chi connectivity index (χ3v) is 6.63. The van der Waals surface area contributed by atoms with Crippen LogP contribution in [0.3, 0.4) is 0 Å². The summed E-state index contributed by atoms with van der Waals surface area (Å²) in [6, 6.07) is 29.0. The zero-order chi connectivity index (χ0) is 25.2. The predicted octanol–water partition coefficient (Wildman–Crippen LogP) is 5.39. The molecule has 36 heavy (non-hydrogen) atoms. The number of esters is 1. The van der Waals surface area contributed by atoms with Crippen molar-refractivity contribution >= 4 is 11.9 Å². The Bertz CT molecular complexity index is 1050. The Morgan fingerprint density at radius 2 is 1.42 bits per heavy atom. The second kappa shape index (κ2) is 13.0. The van der Waals surface area contributed by atoms with Crippen LogP contribution in [0.15, 0.2) is 91.0 Å². The van der Waals surface area contributed by atoms with Gasteiger partial charge in [0.05, 0.1) is 19.1 Å². The van der Waals surface area contributed by atoms with Gasteiger partial charge < -0.3 is 14.4 Å². The van der Waals surface area contributed by atoms with Gasteiger partial charge in [0.2, 0.25) is 5.91 Å². The van der Waals surface area contributed by atoms with Crippen molar-refractivity contribution in [2.24, 2.45) is 0 Å². The average Bonchev–Trinajstić information content (AvgIpc) is 2.90. The number of unbranched alkanes of at least 4 members (excludes halogenated alkanes) is 1. The van der Waals surface area contributed by atoms with Crippen molar-refractivity contribution in [3.05, 3.63) is 108 Å².